The van der Waals surface area contributed by atoms with Gasteiger partial charge in [0.25, 0.3) is 0 Å². The van der Waals surface area contributed by atoms with E-state index in [4.69, 9.17) is 16.7 Å². The van der Waals surface area contributed by atoms with E-state index < -0.39 is 0 Å². The van der Waals surface area contributed by atoms with Crippen LogP contribution >= 0.6 is 11.6 Å². The van der Waals surface area contributed by atoms with Crippen LogP contribution in [0.25, 0.3) is 0 Å². The van der Waals surface area contributed by atoms with E-state index in [2.05, 4.69) is 5.32 Å². The fourth-order valence-corrected chi connectivity index (χ4v) is 1.47. The standard InChI is InChI=1S/C11H16ClNO/c1-8-7-10(12)3-4-11(8)13-6-5-9(2)14/h3-4,7,9,13-14H,5-6H2,1-2H3. The Kier molecular flexibility index (Phi) is 4.23. The molecule has 0 aromatic heterocycles. The monoisotopic (exact) mass is 213 g/mol. The topological polar surface area (TPSA) is 32.3 Å². The summed E-state index contributed by atoms with van der Waals surface area (Å²) >= 11 is 5.83. The Bertz CT molecular complexity index is 299. The lowest BCUT2D eigenvalue weighted by Crippen LogP contribution is -2.10. The molecule has 78 valence electrons. The van der Waals surface area contributed by atoms with Crippen LogP contribution < -0.4 is 5.32 Å². The van der Waals surface area contributed by atoms with E-state index in [1.54, 1.807) is 6.92 Å². The third-order valence-corrected chi connectivity index (χ3v) is 2.30. The number of halogens is 1. The lowest BCUT2D eigenvalue weighted by molar-refractivity contribution is 0.189. The summed E-state index contributed by atoms with van der Waals surface area (Å²) < 4.78 is 0. The average Bonchev–Trinajstić information content (AvgIpc) is 2.08. The maximum atomic E-state index is 9.08. The molecule has 2 N–H and O–H groups in total. The van der Waals surface area contributed by atoms with Crippen molar-refractivity contribution in [1.29, 1.82) is 0 Å². The molecule has 1 aromatic carbocycles. The molecule has 0 amide bonds. The van der Waals surface area contributed by atoms with Crippen LogP contribution in [0.2, 0.25) is 5.02 Å². The quantitative estimate of drug-likeness (QED) is 0.806. The third kappa shape index (κ3) is 3.56. The van der Waals surface area contributed by atoms with E-state index >= 15 is 0 Å². The molecule has 0 aliphatic rings. The number of benzene rings is 1. The van der Waals surface area contributed by atoms with Gasteiger partial charge in [-0.05, 0) is 44.0 Å². The van der Waals surface area contributed by atoms with Gasteiger partial charge in [-0.15, -0.1) is 0 Å². The molecule has 0 heterocycles. The van der Waals surface area contributed by atoms with Crippen LogP contribution in [0.3, 0.4) is 0 Å². The maximum Gasteiger partial charge on any atom is 0.0528 e. The van der Waals surface area contributed by atoms with Crippen LogP contribution in [-0.4, -0.2) is 17.8 Å². The first-order valence-corrected chi connectivity index (χ1v) is 5.15. The molecule has 0 saturated heterocycles. The first-order chi connectivity index (χ1) is 6.59. The van der Waals surface area contributed by atoms with Gasteiger partial charge in [-0.2, -0.15) is 0 Å². The summed E-state index contributed by atoms with van der Waals surface area (Å²) in [7, 11) is 0. The second kappa shape index (κ2) is 5.23. The first kappa shape index (κ1) is 11.3. The Morgan fingerprint density at radius 1 is 1.50 bits per heavy atom. The molecule has 0 bridgehead atoms. The zero-order chi connectivity index (χ0) is 10.6. The van der Waals surface area contributed by atoms with Crippen molar-refractivity contribution in [2.45, 2.75) is 26.4 Å². The predicted octanol–water partition coefficient (Wildman–Crippen LogP) is 2.83. The predicted molar refractivity (Wildman–Crippen MR) is 61.0 cm³/mol. The minimum absolute atomic E-state index is 0.255. The van der Waals surface area contributed by atoms with Crippen molar-refractivity contribution in [3.63, 3.8) is 0 Å². The molecule has 1 unspecified atom stereocenters. The van der Waals surface area contributed by atoms with Crippen LogP contribution in [0.15, 0.2) is 18.2 Å². The lowest BCUT2D eigenvalue weighted by Gasteiger charge is -2.10. The molecule has 3 heteroatoms. The van der Waals surface area contributed by atoms with E-state index in [1.165, 1.54) is 0 Å². The largest absolute Gasteiger partial charge is 0.393 e. The van der Waals surface area contributed by atoms with E-state index in [0.29, 0.717) is 0 Å². The smallest absolute Gasteiger partial charge is 0.0528 e. The minimum Gasteiger partial charge on any atom is -0.393 e. The molecule has 14 heavy (non-hydrogen) atoms. The molecule has 1 atom stereocenters. The molecule has 2 nitrogen and oxygen atoms in total. The summed E-state index contributed by atoms with van der Waals surface area (Å²) in [6, 6.07) is 5.74. The zero-order valence-electron chi connectivity index (χ0n) is 8.55. The summed E-state index contributed by atoms with van der Waals surface area (Å²) in [4.78, 5) is 0. The summed E-state index contributed by atoms with van der Waals surface area (Å²) in [6.07, 6.45) is 0.498. The SMILES string of the molecule is Cc1cc(Cl)ccc1NCCC(C)O. The summed E-state index contributed by atoms with van der Waals surface area (Å²) in [6.45, 7) is 4.58. The number of anilines is 1. The first-order valence-electron chi connectivity index (χ1n) is 4.77. The number of aliphatic hydroxyl groups is 1. The highest BCUT2D eigenvalue weighted by Crippen LogP contribution is 2.19. The van der Waals surface area contributed by atoms with Crippen LogP contribution in [0.4, 0.5) is 5.69 Å². The van der Waals surface area contributed by atoms with Gasteiger partial charge in [-0.25, -0.2) is 0 Å². The highest BCUT2D eigenvalue weighted by Gasteiger charge is 1.99. The summed E-state index contributed by atoms with van der Waals surface area (Å²) in [5.74, 6) is 0. The molecule has 0 fully saturated rings. The lowest BCUT2D eigenvalue weighted by atomic mass is 10.2. The van der Waals surface area contributed by atoms with Crippen molar-refractivity contribution in [3.05, 3.63) is 28.8 Å². The van der Waals surface area contributed by atoms with Gasteiger partial charge in [0.1, 0.15) is 0 Å². The average molecular weight is 214 g/mol. The Hall–Kier alpha value is -0.730. The number of aliphatic hydroxyl groups excluding tert-OH is 1. The highest BCUT2D eigenvalue weighted by molar-refractivity contribution is 6.30. The van der Waals surface area contributed by atoms with Crippen molar-refractivity contribution in [3.8, 4) is 0 Å². The van der Waals surface area contributed by atoms with E-state index in [1.807, 2.05) is 25.1 Å². The van der Waals surface area contributed by atoms with E-state index in [0.717, 1.165) is 29.2 Å². The van der Waals surface area contributed by atoms with Crippen molar-refractivity contribution in [2.24, 2.45) is 0 Å². The molecular weight excluding hydrogens is 198 g/mol. The molecule has 0 aliphatic heterocycles. The molecule has 1 aromatic rings. The molecule has 0 aliphatic carbocycles. The summed E-state index contributed by atoms with van der Waals surface area (Å²) in [5.41, 5.74) is 2.21. The van der Waals surface area contributed by atoms with Crippen LogP contribution in [-0.2, 0) is 0 Å². The van der Waals surface area contributed by atoms with Crippen LogP contribution in [0.1, 0.15) is 18.9 Å². The van der Waals surface area contributed by atoms with Gasteiger partial charge in [0.05, 0.1) is 6.10 Å². The minimum atomic E-state index is -0.255. The van der Waals surface area contributed by atoms with Gasteiger partial charge in [-0.1, -0.05) is 11.6 Å². The van der Waals surface area contributed by atoms with Gasteiger partial charge in [0.15, 0.2) is 0 Å². The van der Waals surface area contributed by atoms with Crippen molar-refractivity contribution in [2.75, 3.05) is 11.9 Å². The number of rotatable bonds is 4. The van der Waals surface area contributed by atoms with Gasteiger partial charge in [0.2, 0.25) is 0 Å². The highest BCUT2D eigenvalue weighted by atomic mass is 35.5. The van der Waals surface area contributed by atoms with E-state index in [-0.39, 0.29) is 6.10 Å². The van der Waals surface area contributed by atoms with Gasteiger partial charge < -0.3 is 10.4 Å². The number of hydrogen-bond acceptors (Lipinski definition) is 2. The number of aryl methyl sites for hydroxylation is 1. The Labute approximate surface area is 89.9 Å². The van der Waals surface area contributed by atoms with Crippen molar-refractivity contribution < 1.29 is 5.11 Å². The van der Waals surface area contributed by atoms with Crippen LogP contribution in [0, 0.1) is 6.92 Å². The Morgan fingerprint density at radius 2 is 2.21 bits per heavy atom. The summed E-state index contributed by atoms with van der Waals surface area (Å²) in [5, 5.41) is 13.1. The fraction of sp³-hybridized carbons (Fsp3) is 0.455. The Balaban J connectivity index is 2.51. The van der Waals surface area contributed by atoms with Crippen LogP contribution in [0.5, 0.6) is 0 Å². The molecule has 0 spiro atoms. The fourth-order valence-electron chi connectivity index (χ4n) is 1.24. The van der Waals surface area contributed by atoms with Gasteiger partial charge in [0, 0.05) is 17.3 Å². The Morgan fingerprint density at radius 3 is 2.79 bits per heavy atom. The third-order valence-electron chi connectivity index (χ3n) is 2.07. The van der Waals surface area contributed by atoms with Crippen molar-refractivity contribution in [1.82, 2.24) is 0 Å². The molecule has 0 saturated carbocycles. The number of hydrogen-bond donors (Lipinski definition) is 2. The normalized spacial score (nSPS) is 12.6. The zero-order valence-corrected chi connectivity index (χ0v) is 9.30. The van der Waals surface area contributed by atoms with Gasteiger partial charge >= 0.3 is 0 Å². The van der Waals surface area contributed by atoms with Crippen molar-refractivity contribution >= 4 is 17.3 Å². The number of nitrogens with one attached hydrogen (secondary N) is 1. The second-order valence-corrected chi connectivity index (χ2v) is 3.96. The maximum absolute atomic E-state index is 9.08. The molecule has 0 radical (unpaired) electrons. The molecular formula is C11H16ClNO. The second-order valence-electron chi connectivity index (χ2n) is 3.52. The van der Waals surface area contributed by atoms with E-state index in [9.17, 15) is 0 Å². The van der Waals surface area contributed by atoms with Gasteiger partial charge in [-0.3, -0.25) is 0 Å². The molecule has 1 rings (SSSR count).